The van der Waals surface area contributed by atoms with Gasteiger partial charge in [0.15, 0.2) is 0 Å². The zero-order chi connectivity index (χ0) is 6.91. The summed E-state index contributed by atoms with van der Waals surface area (Å²) in [5, 5.41) is 2.77. The summed E-state index contributed by atoms with van der Waals surface area (Å²) in [7, 11) is 0. The molecule has 0 bridgehead atoms. The summed E-state index contributed by atoms with van der Waals surface area (Å²) in [4.78, 5) is 0. The average molecular weight is 136 g/mol. The third kappa shape index (κ3) is 1.22. The van der Waals surface area contributed by atoms with E-state index >= 15 is 0 Å². The fourth-order valence-electron chi connectivity index (χ4n) is 0.311. The minimum absolute atomic E-state index is 0.500. The van der Waals surface area contributed by atoms with Crippen molar-refractivity contribution in [3.8, 4) is 0 Å². The van der Waals surface area contributed by atoms with Crippen LogP contribution in [0, 0.1) is 6.20 Å². The topological polar surface area (TPSA) is 26.0 Å². The maximum Gasteiger partial charge on any atom is 0.421 e. The number of nitrogens with zero attached hydrogens (tertiary/aromatic N) is 1. The van der Waals surface area contributed by atoms with Crippen LogP contribution in [0.15, 0.2) is 10.8 Å². The van der Waals surface area contributed by atoms with Crippen molar-refractivity contribution in [2.24, 2.45) is 0 Å². The summed E-state index contributed by atoms with van der Waals surface area (Å²) < 4.78 is 38.4. The van der Waals surface area contributed by atoms with Crippen LogP contribution in [-0.4, -0.2) is 5.16 Å². The van der Waals surface area contributed by atoms with Crippen molar-refractivity contribution in [3.63, 3.8) is 0 Å². The van der Waals surface area contributed by atoms with Gasteiger partial charge in [0.1, 0.15) is 18.0 Å². The second kappa shape index (κ2) is 1.75. The second-order valence-corrected chi connectivity index (χ2v) is 1.34. The SMILES string of the molecule is FC(F)(F)c1[c]noc1. The Morgan fingerprint density at radius 2 is 2.22 bits per heavy atom. The molecule has 1 aromatic rings. The van der Waals surface area contributed by atoms with Crippen LogP contribution < -0.4 is 0 Å². The van der Waals surface area contributed by atoms with Gasteiger partial charge in [0, 0.05) is 0 Å². The maximum absolute atomic E-state index is 11.5. The third-order valence-corrected chi connectivity index (χ3v) is 0.695. The van der Waals surface area contributed by atoms with Crippen molar-refractivity contribution >= 4 is 0 Å². The molecule has 0 N–H and O–H groups in total. The van der Waals surface area contributed by atoms with Gasteiger partial charge >= 0.3 is 6.18 Å². The molecule has 0 aliphatic carbocycles. The first kappa shape index (κ1) is 6.12. The molecular weight excluding hydrogens is 135 g/mol. The van der Waals surface area contributed by atoms with E-state index in [2.05, 4.69) is 9.68 Å². The predicted octanol–water partition coefficient (Wildman–Crippen LogP) is 1.49. The minimum atomic E-state index is -4.39. The van der Waals surface area contributed by atoms with E-state index in [4.69, 9.17) is 0 Å². The van der Waals surface area contributed by atoms with E-state index in [0.717, 1.165) is 0 Å². The first-order valence-electron chi connectivity index (χ1n) is 2.00. The van der Waals surface area contributed by atoms with E-state index in [0.29, 0.717) is 6.26 Å². The van der Waals surface area contributed by atoms with Crippen molar-refractivity contribution in [1.82, 2.24) is 5.16 Å². The largest absolute Gasteiger partial charge is 0.421 e. The molecule has 1 heterocycles. The first-order chi connectivity index (χ1) is 4.11. The van der Waals surface area contributed by atoms with Gasteiger partial charge in [-0.3, -0.25) is 0 Å². The van der Waals surface area contributed by atoms with E-state index < -0.39 is 11.7 Å². The Labute approximate surface area is 48.3 Å². The summed E-state index contributed by atoms with van der Waals surface area (Å²) >= 11 is 0. The van der Waals surface area contributed by atoms with E-state index in [1.54, 1.807) is 6.20 Å². The number of rotatable bonds is 0. The highest BCUT2D eigenvalue weighted by molar-refractivity contribution is 5.02. The van der Waals surface area contributed by atoms with E-state index in [1.807, 2.05) is 0 Å². The highest BCUT2D eigenvalue weighted by Gasteiger charge is 2.32. The summed E-state index contributed by atoms with van der Waals surface area (Å²) in [5.41, 5.74) is -0.984. The fraction of sp³-hybridized carbons (Fsp3) is 0.250. The Kier molecular flexibility index (Phi) is 1.19. The van der Waals surface area contributed by atoms with Gasteiger partial charge in [-0.1, -0.05) is 5.16 Å². The van der Waals surface area contributed by atoms with Gasteiger partial charge in [0.05, 0.1) is 0 Å². The number of aromatic nitrogens is 1. The number of alkyl halides is 3. The van der Waals surface area contributed by atoms with Gasteiger partial charge in [-0.05, 0) is 0 Å². The van der Waals surface area contributed by atoms with E-state index in [-0.39, 0.29) is 0 Å². The van der Waals surface area contributed by atoms with Crippen LogP contribution in [-0.2, 0) is 6.18 Å². The van der Waals surface area contributed by atoms with Crippen LogP contribution >= 0.6 is 0 Å². The lowest BCUT2D eigenvalue weighted by atomic mass is 10.4. The molecule has 1 radical (unpaired) electrons. The Morgan fingerprint density at radius 3 is 2.44 bits per heavy atom. The van der Waals surface area contributed by atoms with Crippen LogP contribution in [0.4, 0.5) is 13.2 Å². The molecule has 9 heavy (non-hydrogen) atoms. The van der Waals surface area contributed by atoms with Gasteiger partial charge in [-0.15, -0.1) is 0 Å². The molecular formula is C4HF3NO. The zero-order valence-corrected chi connectivity index (χ0v) is 4.07. The maximum atomic E-state index is 11.5. The smallest absolute Gasteiger partial charge is 0.363 e. The molecule has 5 heteroatoms. The van der Waals surface area contributed by atoms with Gasteiger partial charge in [0.25, 0.3) is 0 Å². The van der Waals surface area contributed by atoms with Crippen molar-refractivity contribution in [2.75, 3.05) is 0 Å². The lowest BCUT2D eigenvalue weighted by Gasteiger charge is -1.97. The van der Waals surface area contributed by atoms with Gasteiger partial charge in [-0.25, -0.2) is 0 Å². The van der Waals surface area contributed by atoms with Gasteiger partial charge < -0.3 is 4.52 Å². The van der Waals surface area contributed by atoms with Crippen molar-refractivity contribution in [2.45, 2.75) is 6.18 Å². The molecule has 0 aliphatic heterocycles. The molecule has 0 amide bonds. The molecule has 0 saturated carbocycles. The van der Waals surface area contributed by atoms with Crippen molar-refractivity contribution in [3.05, 3.63) is 18.0 Å². The first-order valence-corrected chi connectivity index (χ1v) is 2.00. The van der Waals surface area contributed by atoms with E-state index in [9.17, 15) is 13.2 Å². The van der Waals surface area contributed by atoms with Crippen LogP contribution in [0.1, 0.15) is 5.56 Å². The monoisotopic (exact) mass is 136 g/mol. The molecule has 0 aromatic carbocycles. The average Bonchev–Trinajstić information content (AvgIpc) is 2.08. The lowest BCUT2D eigenvalue weighted by molar-refractivity contribution is -0.138. The quantitative estimate of drug-likeness (QED) is 0.540. The van der Waals surface area contributed by atoms with Crippen LogP contribution in [0.3, 0.4) is 0 Å². The van der Waals surface area contributed by atoms with Gasteiger partial charge in [0.2, 0.25) is 0 Å². The second-order valence-electron chi connectivity index (χ2n) is 1.34. The van der Waals surface area contributed by atoms with Crippen molar-refractivity contribution in [1.29, 1.82) is 0 Å². The zero-order valence-electron chi connectivity index (χ0n) is 4.07. The van der Waals surface area contributed by atoms with Gasteiger partial charge in [-0.2, -0.15) is 13.2 Å². The highest BCUT2D eigenvalue weighted by Crippen LogP contribution is 2.27. The molecule has 49 valence electrons. The molecule has 1 rings (SSSR count). The normalized spacial score (nSPS) is 11.9. The standard InChI is InChI=1S/C4HF3NO/c5-4(6,7)3-1-8-9-2-3/h2H. The van der Waals surface area contributed by atoms with Crippen LogP contribution in [0.2, 0.25) is 0 Å². The molecule has 0 saturated heterocycles. The third-order valence-electron chi connectivity index (χ3n) is 0.695. The summed E-state index contributed by atoms with van der Waals surface area (Å²) in [6.07, 6.45) is -2.25. The summed E-state index contributed by atoms with van der Waals surface area (Å²) in [5.74, 6) is 0. The summed E-state index contributed by atoms with van der Waals surface area (Å²) in [6.45, 7) is 0. The molecule has 0 spiro atoms. The lowest BCUT2D eigenvalue weighted by Crippen LogP contribution is -2.02. The summed E-state index contributed by atoms with van der Waals surface area (Å²) in [6, 6.07) is 0. The van der Waals surface area contributed by atoms with Crippen LogP contribution in [0.5, 0.6) is 0 Å². The molecule has 0 unspecified atom stereocenters. The molecule has 0 fully saturated rings. The number of halogens is 3. The molecule has 0 aliphatic rings. The molecule has 0 atom stereocenters. The minimum Gasteiger partial charge on any atom is -0.363 e. The Hall–Kier alpha value is -1.00. The Morgan fingerprint density at radius 1 is 1.56 bits per heavy atom. The molecule has 2 nitrogen and oxygen atoms in total. The van der Waals surface area contributed by atoms with Crippen molar-refractivity contribution < 1.29 is 17.7 Å². The van der Waals surface area contributed by atoms with Crippen LogP contribution in [0.25, 0.3) is 0 Å². The predicted molar refractivity (Wildman–Crippen MR) is 20.3 cm³/mol. The Bertz CT molecular complexity index is 178. The number of hydrogen-bond acceptors (Lipinski definition) is 2. The fourth-order valence-corrected chi connectivity index (χ4v) is 0.311. The number of hydrogen-bond donors (Lipinski definition) is 0. The Balaban J connectivity index is 2.90. The van der Waals surface area contributed by atoms with E-state index in [1.165, 1.54) is 0 Å². The molecule has 1 aromatic heterocycles. The highest BCUT2D eigenvalue weighted by atomic mass is 19.4.